The van der Waals surface area contributed by atoms with Crippen LogP contribution in [0.1, 0.15) is 43.2 Å². The summed E-state index contributed by atoms with van der Waals surface area (Å²) in [7, 11) is 1.94. The molecule has 2 aromatic rings. The van der Waals surface area contributed by atoms with Crippen molar-refractivity contribution in [3.8, 4) is 0 Å². The molecule has 0 bridgehead atoms. The number of carbonyl (C=O) groups is 1. The molecule has 5 nitrogen and oxygen atoms in total. The van der Waals surface area contributed by atoms with Crippen LogP contribution in [-0.2, 0) is 4.79 Å². The number of thioether (sulfide) groups is 1. The highest BCUT2D eigenvalue weighted by Gasteiger charge is 2.22. The highest BCUT2D eigenvalue weighted by atomic mass is 32.2. The molecule has 7 heteroatoms. The van der Waals surface area contributed by atoms with Crippen molar-refractivity contribution in [1.82, 2.24) is 15.1 Å². The first kappa shape index (κ1) is 19.2. The summed E-state index contributed by atoms with van der Waals surface area (Å²) in [6.07, 6.45) is 6.04. The molecule has 1 aliphatic carbocycles. The number of carbonyl (C=O) groups excluding carboxylic acids is 1. The lowest BCUT2D eigenvalue weighted by molar-refractivity contribution is -0.129. The minimum atomic E-state index is 0.181. The van der Waals surface area contributed by atoms with Crippen LogP contribution in [0.5, 0.6) is 0 Å². The van der Waals surface area contributed by atoms with Crippen LogP contribution in [0.4, 0.5) is 10.8 Å². The van der Waals surface area contributed by atoms with Gasteiger partial charge in [-0.3, -0.25) is 4.79 Å². The first-order valence-electron chi connectivity index (χ1n) is 9.09. The van der Waals surface area contributed by atoms with E-state index in [4.69, 9.17) is 0 Å². The maximum atomic E-state index is 12.4. The van der Waals surface area contributed by atoms with Gasteiger partial charge in [-0.25, -0.2) is 0 Å². The van der Waals surface area contributed by atoms with Gasteiger partial charge in [0.15, 0.2) is 4.34 Å². The van der Waals surface area contributed by atoms with Crippen LogP contribution in [0.15, 0.2) is 22.5 Å². The minimum absolute atomic E-state index is 0.181. The van der Waals surface area contributed by atoms with Crippen molar-refractivity contribution in [2.24, 2.45) is 0 Å². The molecule has 1 aromatic carbocycles. The topological polar surface area (TPSA) is 58.1 Å². The molecule has 0 atom stereocenters. The van der Waals surface area contributed by atoms with Gasteiger partial charge in [-0.2, -0.15) is 0 Å². The molecule has 1 aromatic heterocycles. The summed E-state index contributed by atoms with van der Waals surface area (Å²) in [6, 6.07) is 6.65. The maximum absolute atomic E-state index is 12.4. The Balaban J connectivity index is 1.51. The van der Waals surface area contributed by atoms with Gasteiger partial charge >= 0.3 is 0 Å². The number of aromatic nitrogens is 2. The summed E-state index contributed by atoms with van der Waals surface area (Å²) >= 11 is 2.96. The lowest BCUT2D eigenvalue weighted by Gasteiger charge is -2.31. The zero-order valence-electron chi connectivity index (χ0n) is 15.6. The lowest BCUT2D eigenvalue weighted by atomic mass is 9.94. The number of hydrogen-bond donors (Lipinski definition) is 1. The van der Waals surface area contributed by atoms with Gasteiger partial charge in [0.2, 0.25) is 11.0 Å². The molecule has 140 valence electrons. The number of rotatable bonds is 6. The fourth-order valence-electron chi connectivity index (χ4n) is 3.16. The number of nitrogens with zero attached hydrogens (tertiary/aromatic N) is 3. The standard InChI is InChI=1S/C19H26N4OS2/c1-13-9-10-15(11-14(13)2)20-18-21-22-19(26-18)25-12-17(24)23(3)16-7-5-4-6-8-16/h9-11,16H,4-8,12H2,1-3H3,(H,20,21). The summed E-state index contributed by atoms with van der Waals surface area (Å²) < 4.78 is 0.821. The second kappa shape index (κ2) is 8.86. The van der Waals surface area contributed by atoms with Crippen molar-refractivity contribution in [2.75, 3.05) is 18.1 Å². The van der Waals surface area contributed by atoms with Crippen molar-refractivity contribution in [3.05, 3.63) is 29.3 Å². The van der Waals surface area contributed by atoms with Crippen molar-refractivity contribution >= 4 is 39.8 Å². The third kappa shape index (κ3) is 4.98. The van der Waals surface area contributed by atoms with E-state index in [1.807, 2.05) is 18.0 Å². The third-order valence-corrected chi connectivity index (χ3v) is 6.96. The number of nitrogens with one attached hydrogen (secondary N) is 1. The molecule has 1 amide bonds. The second-order valence-corrected chi connectivity index (χ2v) is 9.08. The van der Waals surface area contributed by atoms with Crippen LogP contribution in [0.3, 0.4) is 0 Å². The highest BCUT2D eigenvalue weighted by Crippen LogP contribution is 2.29. The van der Waals surface area contributed by atoms with Gasteiger partial charge in [-0.15, -0.1) is 10.2 Å². The van der Waals surface area contributed by atoms with E-state index in [0.29, 0.717) is 11.8 Å². The van der Waals surface area contributed by atoms with E-state index in [9.17, 15) is 4.79 Å². The predicted molar refractivity (Wildman–Crippen MR) is 109 cm³/mol. The van der Waals surface area contributed by atoms with Crippen LogP contribution in [0, 0.1) is 13.8 Å². The monoisotopic (exact) mass is 390 g/mol. The van der Waals surface area contributed by atoms with Crippen LogP contribution in [0.25, 0.3) is 0 Å². The van der Waals surface area contributed by atoms with Crippen molar-refractivity contribution in [3.63, 3.8) is 0 Å². The van der Waals surface area contributed by atoms with E-state index < -0.39 is 0 Å². The number of hydrogen-bond acceptors (Lipinski definition) is 6. The quantitative estimate of drug-likeness (QED) is 0.719. The largest absolute Gasteiger partial charge is 0.342 e. The van der Waals surface area contributed by atoms with Crippen LogP contribution >= 0.6 is 23.1 Å². The molecule has 1 N–H and O–H groups in total. The second-order valence-electron chi connectivity index (χ2n) is 6.88. The average Bonchev–Trinajstić information content (AvgIpc) is 3.10. The molecule has 1 fully saturated rings. The Labute approximate surface area is 163 Å². The minimum Gasteiger partial charge on any atom is -0.342 e. The van der Waals surface area contributed by atoms with Crippen LogP contribution < -0.4 is 5.32 Å². The van der Waals surface area contributed by atoms with Gasteiger partial charge in [0.25, 0.3) is 0 Å². The average molecular weight is 391 g/mol. The van der Waals surface area contributed by atoms with Gasteiger partial charge in [-0.1, -0.05) is 48.4 Å². The SMILES string of the molecule is Cc1ccc(Nc2nnc(SCC(=O)N(C)C3CCCCC3)s2)cc1C. The van der Waals surface area contributed by atoms with Crippen molar-refractivity contribution in [1.29, 1.82) is 0 Å². The summed E-state index contributed by atoms with van der Waals surface area (Å²) in [6.45, 7) is 4.19. The smallest absolute Gasteiger partial charge is 0.233 e. The van der Waals surface area contributed by atoms with Gasteiger partial charge in [0.1, 0.15) is 0 Å². The Morgan fingerprint density at radius 1 is 1.23 bits per heavy atom. The molecular formula is C19H26N4OS2. The Bertz CT molecular complexity index is 756. The Kier molecular flexibility index (Phi) is 6.53. The van der Waals surface area contributed by atoms with E-state index in [1.54, 1.807) is 0 Å². The number of benzene rings is 1. The molecule has 0 radical (unpaired) electrons. The third-order valence-electron chi connectivity index (χ3n) is 5.00. The lowest BCUT2D eigenvalue weighted by Crippen LogP contribution is -2.39. The fraction of sp³-hybridized carbons (Fsp3) is 0.526. The van der Waals surface area contributed by atoms with E-state index in [2.05, 4.69) is 41.5 Å². The van der Waals surface area contributed by atoms with E-state index >= 15 is 0 Å². The molecule has 1 heterocycles. The van der Waals surface area contributed by atoms with Gasteiger partial charge < -0.3 is 10.2 Å². The molecular weight excluding hydrogens is 364 g/mol. The van der Waals surface area contributed by atoms with Gasteiger partial charge in [0, 0.05) is 18.8 Å². The first-order valence-corrected chi connectivity index (χ1v) is 10.9. The predicted octanol–water partition coefficient (Wildman–Crippen LogP) is 4.78. The normalized spacial score (nSPS) is 15.0. The Morgan fingerprint density at radius 3 is 2.73 bits per heavy atom. The van der Waals surface area contributed by atoms with Gasteiger partial charge in [-0.05, 0) is 49.9 Å². The Morgan fingerprint density at radius 2 is 2.00 bits per heavy atom. The molecule has 1 aliphatic rings. The van der Waals surface area contributed by atoms with Crippen molar-refractivity contribution < 1.29 is 4.79 Å². The summed E-state index contributed by atoms with van der Waals surface area (Å²) in [5.41, 5.74) is 3.52. The molecule has 0 aliphatic heterocycles. The van der Waals surface area contributed by atoms with Crippen LogP contribution in [-0.4, -0.2) is 39.8 Å². The van der Waals surface area contributed by atoms with Crippen LogP contribution in [0.2, 0.25) is 0 Å². The summed E-state index contributed by atoms with van der Waals surface area (Å²) in [4.78, 5) is 14.4. The summed E-state index contributed by atoms with van der Waals surface area (Å²) in [5.74, 6) is 0.603. The molecule has 0 spiro atoms. The van der Waals surface area contributed by atoms with E-state index in [1.165, 1.54) is 53.5 Å². The maximum Gasteiger partial charge on any atom is 0.233 e. The number of amides is 1. The molecule has 0 unspecified atom stereocenters. The number of aryl methyl sites for hydroxylation is 2. The molecule has 1 saturated carbocycles. The van der Waals surface area contributed by atoms with Crippen molar-refractivity contribution in [2.45, 2.75) is 56.3 Å². The summed E-state index contributed by atoms with van der Waals surface area (Å²) in [5, 5.41) is 12.4. The zero-order valence-corrected chi connectivity index (χ0v) is 17.3. The van der Waals surface area contributed by atoms with E-state index in [0.717, 1.165) is 28.0 Å². The fourth-order valence-corrected chi connectivity index (χ4v) is 4.85. The molecule has 3 rings (SSSR count). The number of anilines is 2. The molecule has 0 saturated heterocycles. The highest BCUT2D eigenvalue weighted by molar-refractivity contribution is 8.01. The first-order chi connectivity index (χ1) is 12.5. The van der Waals surface area contributed by atoms with Gasteiger partial charge in [0.05, 0.1) is 5.75 Å². The molecule has 26 heavy (non-hydrogen) atoms. The van der Waals surface area contributed by atoms with E-state index in [-0.39, 0.29) is 5.91 Å². The Hall–Kier alpha value is -1.60. The zero-order chi connectivity index (χ0) is 18.5.